The molecule has 0 spiro atoms. The maximum atomic E-state index is 13.2. The van der Waals surface area contributed by atoms with Crippen LogP contribution in [0.4, 0.5) is 5.69 Å². The van der Waals surface area contributed by atoms with Gasteiger partial charge in [-0.25, -0.2) is 0 Å². The topological polar surface area (TPSA) is 54.5 Å². The van der Waals surface area contributed by atoms with Crippen LogP contribution in [0.25, 0.3) is 0 Å². The first-order chi connectivity index (χ1) is 14.2. The summed E-state index contributed by atoms with van der Waals surface area (Å²) in [6, 6.07) is 27.5. The van der Waals surface area contributed by atoms with Gasteiger partial charge in [0.25, 0.3) is 0 Å². The van der Waals surface area contributed by atoms with E-state index in [2.05, 4.69) is 0 Å². The molecule has 4 rings (SSSR count). The quantitative estimate of drug-likeness (QED) is 0.252. The zero-order chi connectivity index (χ0) is 20.2. The van der Waals surface area contributed by atoms with Gasteiger partial charge in [0.1, 0.15) is 0 Å². The van der Waals surface area contributed by atoms with Gasteiger partial charge in [-0.2, -0.15) is 0 Å². The molecular weight excluding hydrogens is 429 g/mol. The second-order valence-electron chi connectivity index (χ2n) is 6.79. The minimum atomic E-state index is -0.976. The van der Waals surface area contributed by atoms with Gasteiger partial charge in [0.05, 0.1) is 0 Å². The zero-order valence-electron chi connectivity index (χ0n) is 15.6. The van der Waals surface area contributed by atoms with Gasteiger partial charge in [-0.15, -0.1) is 0 Å². The molecule has 0 bridgehead atoms. The number of nitrogens with zero attached hydrogens (tertiary/aromatic N) is 1. The summed E-state index contributed by atoms with van der Waals surface area (Å²) in [6.07, 6.45) is 0. The van der Waals surface area contributed by atoms with Crippen molar-refractivity contribution >= 4 is 42.7 Å². The molecular formula is C24H19NO3Se. The molecule has 0 aliphatic carbocycles. The van der Waals surface area contributed by atoms with Crippen molar-refractivity contribution in [1.29, 1.82) is 0 Å². The van der Waals surface area contributed by atoms with Crippen molar-refractivity contribution in [3.8, 4) is 0 Å². The SMILES string of the molecule is O=C(c1ccccc1)[C@@H]1C(=O)N(c2ccccc2)C(=O)[C@H]1C[Se]c1ccccc1. The average Bonchev–Trinajstić information content (AvgIpc) is 3.03. The first kappa shape index (κ1) is 19.3. The zero-order valence-corrected chi connectivity index (χ0v) is 17.3. The molecule has 29 heavy (non-hydrogen) atoms. The number of ketones is 1. The van der Waals surface area contributed by atoms with Gasteiger partial charge in [-0.1, -0.05) is 0 Å². The Balaban J connectivity index is 1.67. The van der Waals surface area contributed by atoms with Crippen LogP contribution in [0.1, 0.15) is 10.4 Å². The first-order valence-corrected chi connectivity index (χ1v) is 11.4. The molecule has 0 saturated carbocycles. The Kier molecular flexibility index (Phi) is 5.70. The van der Waals surface area contributed by atoms with Crippen LogP contribution in [0.2, 0.25) is 5.32 Å². The summed E-state index contributed by atoms with van der Waals surface area (Å²) in [4.78, 5) is 40.9. The van der Waals surface area contributed by atoms with Crippen LogP contribution < -0.4 is 9.36 Å². The number of hydrogen-bond donors (Lipinski definition) is 0. The van der Waals surface area contributed by atoms with Crippen molar-refractivity contribution in [2.24, 2.45) is 11.8 Å². The minimum absolute atomic E-state index is 0.0101. The van der Waals surface area contributed by atoms with Crippen molar-refractivity contribution in [1.82, 2.24) is 0 Å². The number of imide groups is 1. The fourth-order valence-electron chi connectivity index (χ4n) is 3.51. The summed E-state index contributed by atoms with van der Waals surface area (Å²) in [7, 11) is 0. The molecule has 3 aromatic rings. The third-order valence-corrected chi connectivity index (χ3v) is 7.33. The monoisotopic (exact) mass is 449 g/mol. The molecule has 144 valence electrons. The third-order valence-electron chi connectivity index (χ3n) is 4.95. The van der Waals surface area contributed by atoms with Crippen LogP contribution in [0.3, 0.4) is 0 Å². The molecule has 0 unspecified atom stereocenters. The Morgan fingerprint density at radius 1 is 0.759 bits per heavy atom. The first-order valence-electron chi connectivity index (χ1n) is 9.37. The van der Waals surface area contributed by atoms with E-state index >= 15 is 0 Å². The van der Waals surface area contributed by atoms with E-state index in [1.165, 1.54) is 4.90 Å². The Hall–Kier alpha value is -3.01. The molecule has 2 amide bonds. The summed E-state index contributed by atoms with van der Waals surface area (Å²) in [5.41, 5.74) is 0.980. The number of benzene rings is 3. The Morgan fingerprint density at radius 2 is 1.31 bits per heavy atom. The summed E-state index contributed by atoms with van der Waals surface area (Å²) in [6.45, 7) is 0. The maximum absolute atomic E-state index is 13.2. The number of hydrogen-bond acceptors (Lipinski definition) is 3. The fourth-order valence-corrected chi connectivity index (χ4v) is 5.72. The number of rotatable bonds is 6. The van der Waals surface area contributed by atoms with Gasteiger partial charge in [-0.3, -0.25) is 0 Å². The van der Waals surface area contributed by atoms with Gasteiger partial charge < -0.3 is 0 Å². The van der Waals surface area contributed by atoms with Crippen LogP contribution in [0, 0.1) is 11.8 Å². The van der Waals surface area contributed by atoms with E-state index in [1.54, 1.807) is 48.5 Å². The van der Waals surface area contributed by atoms with E-state index in [-0.39, 0.29) is 26.6 Å². The molecule has 1 fully saturated rings. The number of carbonyl (C=O) groups is 3. The van der Waals surface area contributed by atoms with Gasteiger partial charge >= 0.3 is 176 Å². The van der Waals surface area contributed by atoms with Crippen LogP contribution in [-0.4, -0.2) is 32.6 Å². The number of carbonyl (C=O) groups excluding carboxylic acids is 3. The van der Waals surface area contributed by atoms with Gasteiger partial charge in [-0.05, 0) is 0 Å². The van der Waals surface area contributed by atoms with Crippen molar-refractivity contribution in [3.63, 3.8) is 0 Å². The molecule has 2 atom stereocenters. The molecule has 5 heteroatoms. The predicted octanol–water partition coefficient (Wildman–Crippen LogP) is 3.12. The molecule has 1 aliphatic rings. The standard InChI is InChI=1S/C24H19NO3Se/c26-22(17-10-4-1-5-11-17)21-20(16-29-19-14-8-3-9-15-19)23(27)25(24(21)28)18-12-6-2-7-13-18/h1-15,20-21H,16H2/t20-,21+/m0/s1. The molecule has 0 N–H and O–H groups in total. The molecule has 3 aromatic carbocycles. The molecule has 0 radical (unpaired) electrons. The van der Waals surface area contributed by atoms with Gasteiger partial charge in [0.15, 0.2) is 0 Å². The molecule has 0 aromatic heterocycles. The van der Waals surface area contributed by atoms with E-state index < -0.39 is 17.7 Å². The molecule has 4 nitrogen and oxygen atoms in total. The number of Topliss-reactive ketones (excluding diaryl/α,β-unsaturated/α-hetero) is 1. The van der Waals surface area contributed by atoms with Crippen LogP contribution in [0.5, 0.6) is 0 Å². The van der Waals surface area contributed by atoms with Crippen molar-refractivity contribution in [2.75, 3.05) is 4.90 Å². The van der Waals surface area contributed by atoms with Crippen LogP contribution in [-0.2, 0) is 9.59 Å². The summed E-state index contributed by atoms with van der Waals surface area (Å²) < 4.78 is 1.14. The van der Waals surface area contributed by atoms with Crippen molar-refractivity contribution < 1.29 is 14.4 Å². The number of para-hydroxylation sites is 1. The normalized spacial score (nSPS) is 18.8. The van der Waals surface area contributed by atoms with E-state index in [0.717, 1.165) is 4.46 Å². The van der Waals surface area contributed by atoms with Gasteiger partial charge in [0, 0.05) is 0 Å². The predicted molar refractivity (Wildman–Crippen MR) is 113 cm³/mol. The third kappa shape index (κ3) is 3.93. The number of anilines is 1. The van der Waals surface area contributed by atoms with Gasteiger partial charge in [0.2, 0.25) is 0 Å². The average molecular weight is 448 g/mol. The van der Waals surface area contributed by atoms with E-state index in [9.17, 15) is 14.4 Å². The molecule has 1 heterocycles. The fraction of sp³-hybridized carbons (Fsp3) is 0.125. The van der Waals surface area contributed by atoms with E-state index in [0.29, 0.717) is 16.6 Å². The van der Waals surface area contributed by atoms with Crippen LogP contribution in [0.15, 0.2) is 91.0 Å². The van der Waals surface area contributed by atoms with E-state index in [1.807, 2.05) is 42.5 Å². The van der Waals surface area contributed by atoms with E-state index in [4.69, 9.17) is 0 Å². The Labute approximate surface area is 175 Å². The van der Waals surface area contributed by atoms with Crippen molar-refractivity contribution in [3.05, 3.63) is 96.6 Å². The summed E-state index contributed by atoms with van der Waals surface area (Å²) >= 11 is -0.0101. The summed E-state index contributed by atoms with van der Waals surface area (Å²) in [5.74, 6) is -2.61. The number of amides is 2. The second-order valence-corrected chi connectivity index (χ2v) is 9.08. The summed E-state index contributed by atoms with van der Waals surface area (Å²) in [5, 5.41) is 0.508. The van der Waals surface area contributed by atoms with Crippen molar-refractivity contribution in [2.45, 2.75) is 5.32 Å². The molecule has 1 saturated heterocycles. The second kappa shape index (κ2) is 8.56. The van der Waals surface area contributed by atoms with Crippen LogP contribution >= 0.6 is 0 Å². The Morgan fingerprint density at radius 3 is 1.93 bits per heavy atom. The Bertz CT molecular complexity index is 1020. The molecule has 1 aliphatic heterocycles.